The molecule has 4 aromatic rings. The van der Waals surface area contributed by atoms with E-state index in [9.17, 15) is 4.79 Å². The lowest BCUT2D eigenvalue weighted by molar-refractivity contribution is -0.136. The minimum atomic E-state index is -0.754. The average molecular weight is 463 g/mol. The molecule has 0 radical (unpaired) electrons. The van der Waals surface area contributed by atoms with Gasteiger partial charge in [-0.05, 0) is 75.3 Å². The van der Waals surface area contributed by atoms with Gasteiger partial charge in [0.2, 0.25) is 0 Å². The third-order valence-electron chi connectivity index (χ3n) is 6.65. The van der Waals surface area contributed by atoms with E-state index in [0.717, 1.165) is 18.4 Å². The second-order valence-corrected chi connectivity index (χ2v) is 9.56. The monoisotopic (exact) mass is 462 g/mol. The zero-order chi connectivity index (χ0) is 24.8. The highest BCUT2D eigenvalue weighted by Gasteiger charge is 2.13. The van der Waals surface area contributed by atoms with E-state index in [1.807, 2.05) is 0 Å². The fourth-order valence-electron chi connectivity index (χ4n) is 4.78. The SMILES string of the molecule is CCc1cc(-c2ccc(CCC(=O)O)cc2C(C)C)ccc1-c1cccc(Cc2ccccc2)c1. The van der Waals surface area contributed by atoms with Crippen LogP contribution < -0.4 is 0 Å². The number of aryl methyl sites for hydroxylation is 2. The molecule has 0 atom stereocenters. The first kappa shape index (κ1) is 24.5. The van der Waals surface area contributed by atoms with Crippen molar-refractivity contribution in [2.24, 2.45) is 0 Å². The summed E-state index contributed by atoms with van der Waals surface area (Å²) in [4.78, 5) is 11.0. The zero-order valence-electron chi connectivity index (χ0n) is 20.9. The highest BCUT2D eigenvalue weighted by atomic mass is 16.4. The molecule has 0 amide bonds. The Morgan fingerprint density at radius 2 is 1.46 bits per heavy atom. The molecule has 2 heteroatoms. The Bertz CT molecular complexity index is 1300. The second kappa shape index (κ2) is 11.2. The van der Waals surface area contributed by atoms with Crippen LogP contribution in [-0.2, 0) is 24.1 Å². The van der Waals surface area contributed by atoms with Crippen LogP contribution in [0.3, 0.4) is 0 Å². The van der Waals surface area contributed by atoms with Crippen molar-refractivity contribution in [2.45, 2.75) is 52.4 Å². The molecule has 178 valence electrons. The maximum Gasteiger partial charge on any atom is 0.303 e. The Morgan fingerprint density at radius 1 is 0.743 bits per heavy atom. The quantitative estimate of drug-likeness (QED) is 0.271. The van der Waals surface area contributed by atoms with E-state index in [1.54, 1.807) is 0 Å². The van der Waals surface area contributed by atoms with Gasteiger partial charge in [-0.1, -0.05) is 112 Å². The van der Waals surface area contributed by atoms with Crippen molar-refractivity contribution >= 4 is 5.97 Å². The highest BCUT2D eigenvalue weighted by Crippen LogP contribution is 2.34. The minimum Gasteiger partial charge on any atom is -0.481 e. The summed E-state index contributed by atoms with van der Waals surface area (Å²) >= 11 is 0. The number of carboxylic acids is 1. The van der Waals surface area contributed by atoms with Crippen LogP contribution in [0.2, 0.25) is 0 Å². The van der Waals surface area contributed by atoms with Gasteiger partial charge in [0.25, 0.3) is 0 Å². The van der Waals surface area contributed by atoms with Crippen LogP contribution in [0.15, 0.2) is 91.0 Å². The third kappa shape index (κ3) is 6.08. The lowest BCUT2D eigenvalue weighted by Crippen LogP contribution is -2.00. The Balaban J connectivity index is 1.66. The van der Waals surface area contributed by atoms with Crippen molar-refractivity contribution < 1.29 is 9.90 Å². The van der Waals surface area contributed by atoms with E-state index in [1.165, 1.54) is 44.5 Å². The lowest BCUT2D eigenvalue weighted by Gasteiger charge is -2.17. The van der Waals surface area contributed by atoms with Gasteiger partial charge in [0, 0.05) is 6.42 Å². The molecule has 2 nitrogen and oxygen atoms in total. The molecule has 4 rings (SSSR count). The molecule has 1 N–H and O–H groups in total. The number of hydrogen-bond donors (Lipinski definition) is 1. The van der Waals surface area contributed by atoms with Gasteiger partial charge in [0.15, 0.2) is 0 Å². The first-order valence-electron chi connectivity index (χ1n) is 12.6. The smallest absolute Gasteiger partial charge is 0.303 e. The summed E-state index contributed by atoms with van der Waals surface area (Å²) in [7, 11) is 0. The molecule has 4 aromatic carbocycles. The molecule has 0 bridgehead atoms. The summed E-state index contributed by atoms with van der Waals surface area (Å²) in [5.74, 6) is -0.398. The number of rotatable bonds is 9. The van der Waals surface area contributed by atoms with Crippen LogP contribution in [0.4, 0.5) is 0 Å². The predicted octanol–water partition coefficient (Wildman–Crippen LogP) is 8.31. The Kier molecular flexibility index (Phi) is 7.82. The molecule has 0 unspecified atom stereocenters. The number of carboxylic acid groups (broad SMARTS) is 1. The Labute approximate surface area is 209 Å². The molecular weight excluding hydrogens is 428 g/mol. The average Bonchev–Trinajstić information content (AvgIpc) is 2.87. The van der Waals surface area contributed by atoms with Gasteiger partial charge in [-0.2, -0.15) is 0 Å². The van der Waals surface area contributed by atoms with Crippen LogP contribution in [0, 0.1) is 0 Å². The standard InChI is InChI=1S/C33H34O2/c1-4-27-22-29(31-16-13-25(14-18-33(34)35)21-32(31)23(2)3)15-17-30(27)28-12-8-11-26(20-28)19-24-9-6-5-7-10-24/h5-13,15-17,20-23H,4,14,18-19H2,1-3H3,(H,34,35). The van der Waals surface area contributed by atoms with Crippen molar-refractivity contribution in [3.05, 3.63) is 119 Å². The van der Waals surface area contributed by atoms with Gasteiger partial charge in [-0.3, -0.25) is 4.79 Å². The molecule has 0 saturated heterocycles. The molecule has 0 saturated carbocycles. The van der Waals surface area contributed by atoms with E-state index < -0.39 is 5.97 Å². The summed E-state index contributed by atoms with van der Waals surface area (Å²) in [6, 6.07) is 32.8. The van der Waals surface area contributed by atoms with E-state index in [4.69, 9.17) is 5.11 Å². The molecule has 0 aromatic heterocycles. The maximum absolute atomic E-state index is 11.0. The van der Waals surface area contributed by atoms with Crippen molar-refractivity contribution in [2.75, 3.05) is 0 Å². The summed E-state index contributed by atoms with van der Waals surface area (Å²) < 4.78 is 0. The van der Waals surface area contributed by atoms with Gasteiger partial charge in [0.05, 0.1) is 0 Å². The van der Waals surface area contributed by atoms with Crippen molar-refractivity contribution in [3.8, 4) is 22.3 Å². The molecule has 0 aliphatic carbocycles. The molecular formula is C33H34O2. The van der Waals surface area contributed by atoms with Crippen molar-refractivity contribution in [3.63, 3.8) is 0 Å². The van der Waals surface area contributed by atoms with E-state index in [-0.39, 0.29) is 6.42 Å². The van der Waals surface area contributed by atoms with Crippen LogP contribution in [0.1, 0.15) is 60.9 Å². The summed E-state index contributed by atoms with van der Waals surface area (Å²) in [6.07, 6.45) is 2.61. The largest absolute Gasteiger partial charge is 0.481 e. The third-order valence-corrected chi connectivity index (χ3v) is 6.65. The Hall–Kier alpha value is -3.65. The summed E-state index contributed by atoms with van der Waals surface area (Å²) in [5, 5.41) is 9.05. The predicted molar refractivity (Wildman–Crippen MR) is 146 cm³/mol. The van der Waals surface area contributed by atoms with E-state index >= 15 is 0 Å². The van der Waals surface area contributed by atoms with Crippen LogP contribution in [0.25, 0.3) is 22.3 Å². The van der Waals surface area contributed by atoms with Crippen LogP contribution in [0.5, 0.6) is 0 Å². The van der Waals surface area contributed by atoms with Crippen LogP contribution >= 0.6 is 0 Å². The number of hydrogen-bond acceptors (Lipinski definition) is 1. The fraction of sp³-hybridized carbons (Fsp3) is 0.242. The highest BCUT2D eigenvalue weighted by molar-refractivity contribution is 5.76. The van der Waals surface area contributed by atoms with Gasteiger partial charge in [0.1, 0.15) is 0 Å². The molecule has 0 aliphatic heterocycles. The lowest BCUT2D eigenvalue weighted by atomic mass is 9.87. The first-order valence-corrected chi connectivity index (χ1v) is 12.6. The van der Waals surface area contributed by atoms with Crippen molar-refractivity contribution in [1.29, 1.82) is 0 Å². The topological polar surface area (TPSA) is 37.3 Å². The number of benzene rings is 4. The molecule has 0 spiro atoms. The fourth-order valence-corrected chi connectivity index (χ4v) is 4.78. The maximum atomic E-state index is 11.0. The second-order valence-electron chi connectivity index (χ2n) is 9.56. The normalized spacial score (nSPS) is 11.1. The first-order chi connectivity index (χ1) is 16.9. The van der Waals surface area contributed by atoms with Gasteiger partial charge in [-0.15, -0.1) is 0 Å². The minimum absolute atomic E-state index is 0.162. The summed E-state index contributed by atoms with van der Waals surface area (Å²) in [6.45, 7) is 6.62. The summed E-state index contributed by atoms with van der Waals surface area (Å²) in [5.41, 5.74) is 11.3. The van der Waals surface area contributed by atoms with Crippen molar-refractivity contribution in [1.82, 2.24) is 0 Å². The van der Waals surface area contributed by atoms with E-state index in [0.29, 0.717) is 12.3 Å². The molecule has 35 heavy (non-hydrogen) atoms. The number of carbonyl (C=O) groups is 1. The van der Waals surface area contributed by atoms with E-state index in [2.05, 4.69) is 112 Å². The van der Waals surface area contributed by atoms with Gasteiger partial charge < -0.3 is 5.11 Å². The Morgan fingerprint density at radius 3 is 2.17 bits per heavy atom. The van der Waals surface area contributed by atoms with Gasteiger partial charge in [-0.25, -0.2) is 0 Å². The van der Waals surface area contributed by atoms with Gasteiger partial charge >= 0.3 is 5.97 Å². The zero-order valence-corrected chi connectivity index (χ0v) is 20.9. The molecule has 0 aliphatic rings. The van der Waals surface area contributed by atoms with Crippen LogP contribution in [-0.4, -0.2) is 11.1 Å². The molecule has 0 heterocycles. The molecule has 0 fully saturated rings. The number of aliphatic carboxylic acids is 1.